The van der Waals surface area contributed by atoms with Gasteiger partial charge in [-0.25, -0.2) is 4.68 Å². The predicted octanol–water partition coefficient (Wildman–Crippen LogP) is 0.899. The lowest BCUT2D eigenvalue weighted by Gasteiger charge is -2.32. The number of nitrogens with zero attached hydrogens (tertiary/aromatic N) is 5. The van der Waals surface area contributed by atoms with E-state index < -0.39 is 22.9 Å². The molecule has 118 valence electrons. The predicted molar refractivity (Wildman–Crippen MR) is 77.3 cm³/mol. The molecule has 0 aliphatic carbocycles. The summed E-state index contributed by atoms with van der Waals surface area (Å²) in [4.78, 5) is 22.4. The number of aromatic nitrogens is 4. The lowest BCUT2D eigenvalue weighted by atomic mass is 9.89. The van der Waals surface area contributed by atoms with Gasteiger partial charge in [-0.3, -0.25) is 14.9 Å². The molecule has 0 saturated heterocycles. The first kappa shape index (κ1) is 14.6. The van der Waals surface area contributed by atoms with E-state index in [1.54, 1.807) is 12.1 Å². The van der Waals surface area contributed by atoms with Crippen molar-refractivity contribution in [3.05, 3.63) is 52.2 Å². The number of ether oxygens (including phenoxy) is 1. The molecule has 3 rings (SSSR count). The number of esters is 1. The summed E-state index contributed by atoms with van der Waals surface area (Å²) >= 11 is 0. The summed E-state index contributed by atoms with van der Waals surface area (Å²) in [5.74, 6) is -0.942. The van der Waals surface area contributed by atoms with Crippen molar-refractivity contribution in [3.63, 3.8) is 0 Å². The third-order valence-corrected chi connectivity index (χ3v) is 3.62. The number of methoxy groups -OCH3 is 1. The molecule has 0 bridgehead atoms. The lowest BCUT2D eigenvalue weighted by molar-refractivity contribution is -0.384. The molecule has 2 atom stereocenters. The van der Waals surface area contributed by atoms with E-state index in [9.17, 15) is 14.9 Å². The van der Waals surface area contributed by atoms with Crippen molar-refractivity contribution in [1.82, 2.24) is 20.2 Å². The molecule has 0 spiro atoms. The number of rotatable bonds is 3. The Morgan fingerprint density at radius 3 is 2.74 bits per heavy atom. The van der Waals surface area contributed by atoms with Crippen LogP contribution in [0.1, 0.15) is 11.6 Å². The first-order chi connectivity index (χ1) is 11.0. The van der Waals surface area contributed by atoms with Crippen LogP contribution in [0.4, 0.5) is 11.6 Å². The zero-order valence-corrected chi connectivity index (χ0v) is 12.0. The van der Waals surface area contributed by atoms with Crippen LogP contribution in [0.2, 0.25) is 0 Å². The molecule has 10 nitrogen and oxygen atoms in total. The molecule has 2 heterocycles. The van der Waals surface area contributed by atoms with E-state index in [1.807, 2.05) is 0 Å². The molecule has 1 aromatic heterocycles. The van der Waals surface area contributed by atoms with Crippen molar-refractivity contribution in [3.8, 4) is 0 Å². The number of non-ortho nitro benzene ring substituents is 1. The maximum absolute atomic E-state index is 12.2. The summed E-state index contributed by atoms with van der Waals surface area (Å²) in [5.41, 5.74) is 0.970. The number of benzene rings is 1. The average molecular weight is 316 g/mol. The third kappa shape index (κ3) is 2.39. The first-order valence-corrected chi connectivity index (χ1v) is 6.58. The Morgan fingerprint density at radius 1 is 1.43 bits per heavy atom. The SMILES string of the molecule is C=C1Nc2nnnn2C(c2ccc([N+](=O)[O-])cc2)C1C(=O)OC. The topological polar surface area (TPSA) is 125 Å². The molecule has 0 saturated carbocycles. The number of nitro groups is 1. The molecule has 1 aliphatic rings. The van der Waals surface area contributed by atoms with E-state index in [0.717, 1.165) is 0 Å². The number of anilines is 1. The van der Waals surface area contributed by atoms with E-state index in [2.05, 4.69) is 27.4 Å². The van der Waals surface area contributed by atoms with E-state index in [4.69, 9.17) is 4.74 Å². The van der Waals surface area contributed by atoms with Gasteiger partial charge in [0.1, 0.15) is 12.0 Å². The van der Waals surface area contributed by atoms with Gasteiger partial charge in [0.05, 0.1) is 12.0 Å². The molecule has 1 aliphatic heterocycles. The van der Waals surface area contributed by atoms with Crippen molar-refractivity contribution >= 4 is 17.6 Å². The minimum absolute atomic E-state index is 0.0481. The second kappa shape index (κ2) is 5.48. The Kier molecular flexibility index (Phi) is 3.48. The van der Waals surface area contributed by atoms with Gasteiger partial charge < -0.3 is 10.1 Å². The van der Waals surface area contributed by atoms with Crippen LogP contribution in [0.25, 0.3) is 0 Å². The van der Waals surface area contributed by atoms with E-state index in [0.29, 0.717) is 17.2 Å². The van der Waals surface area contributed by atoms with Crippen molar-refractivity contribution in [2.75, 3.05) is 12.4 Å². The highest BCUT2D eigenvalue weighted by atomic mass is 16.6. The van der Waals surface area contributed by atoms with E-state index >= 15 is 0 Å². The van der Waals surface area contributed by atoms with Gasteiger partial charge in [-0.15, -0.1) is 0 Å². The van der Waals surface area contributed by atoms with Gasteiger partial charge in [0.2, 0.25) is 5.95 Å². The van der Waals surface area contributed by atoms with Crippen LogP contribution in [0, 0.1) is 16.0 Å². The Bertz CT molecular complexity index is 784. The molecule has 2 aromatic rings. The molecule has 0 radical (unpaired) electrons. The van der Waals surface area contributed by atoms with Crippen molar-refractivity contribution in [2.24, 2.45) is 5.92 Å². The van der Waals surface area contributed by atoms with E-state index in [1.165, 1.54) is 23.9 Å². The number of carbonyl (C=O) groups excluding carboxylic acids is 1. The Balaban J connectivity index is 2.10. The Labute approximate surface area is 129 Å². The minimum Gasteiger partial charge on any atom is -0.468 e. The minimum atomic E-state index is -0.766. The number of fused-ring (bicyclic) bond motifs is 1. The quantitative estimate of drug-likeness (QED) is 0.503. The zero-order valence-electron chi connectivity index (χ0n) is 12.0. The molecule has 10 heteroatoms. The summed E-state index contributed by atoms with van der Waals surface area (Å²) in [6.07, 6.45) is 0. The average Bonchev–Trinajstić information content (AvgIpc) is 3.00. The second-order valence-electron chi connectivity index (χ2n) is 4.89. The normalized spacial score (nSPS) is 19.6. The number of tetrazole rings is 1. The van der Waals surface area contributed by atoms with Gasteiger partial charge in [-0.1, -0.05) is 23.8 Å². The monoisotopic (exact) mass is 316 g/mol. The molecular weight excluding hydrogens is 304 g/mol. The van der Waals surface area contributed by atoms with Crippen LogP contribution in [-0.4, -0.2) is 38.2 Å². The van der Waals surface area contributed by atoms with Gasteiger partial charge in [-0.2, -0.15) is 0 Å². The fourth-order valence-electron chi connectivity index (χ4n) is 2.54. The van der Waals surface area contributed by atoms with Crippen LogP contribution >= 0.6 is 0 Å². The summed E-state index contributed by atoms with van der Waals surface area (Å²) in [6.45, 7) is 3.84. The van der Waals surface area contributed by atoms with Gasteiger partial charge in [0.25, 0.3) is 5.69 Å². The van der Waals surface area contributed by atoms with Crippen molar-refractivity contribution < 1.29 is 14.5 Å². The molecule has 2 unspecified atom stereocenters. The summed E-state index contributed by atoms with van der Waals surface area (Å²) < 4.78 is 6.26. The molecule has 1 N–H and O–H groups in total. The summed E-state index contributed by atoms with van der Waals surface area (Å²) in [7, 11) is 1.28. The molecule has 0 fully saturated rings. The van der Waals surface area contributed by atoms with Crippen LogP contribution < -0.4 is 5.32 Å². The van der Waals surface area contributed by atoms with Gasteiger partial charge in [-0.05, 0) is 16.0 Å². The number of hydrogen-bond donors (Lipinski definition) is 1. The van der Waals surface area contributed by atoms with Gasteiger partial charge >= 0.3 is 5.97 Å². The standard InChI is InChI=1S/C13H12N6O4/c1-7-10(12(20)23-2)11(18-13(14-7)15-16-17-18)8-3-5-9(6-4-8)19(21)22/h3-6,10-11H,1H2,2H3,(H,14,15,17). The number of hydrogen-bond acceptors (Lipinski definition) is 8. The first-order valence-electron chi connectivity index (χ1n) is 6.58. The second-order valence-corrected chi connectivity index (χ2v) is 4.89. The molecule has 1 aromatic carbocycles. The Morgan fingerprint density at radius 2 is 2.13 bits per heavy atom. The smallest absolute Gasteiger partial charge is 0.317 e. The highest BCUT2D eigenvalue weighted by Gasteiger charge is 2.40. The van der Waals surface area contributed by atoms with Crippen molar-refractivity contribution in [2.45, 2.75) is 6.04 Å². The maximum atomic E-state index is 12.2. The largest absolute Gasteiger partial charge is 0.468 e. The zero-order chi connectivity index (χ0) is 16.6. The molecule has 23 heavy (non-hydrogen) atoms. The highest BCUT2D eigenvalue weighted by Crippen LogP contribution is 2.37. The van der Waals surface area contributed by atoms with Gasteiger partial charge in [0, 0.05) is 17.8 Å². The fraction of sp³-hybridized carbons (Fsp3) is 0.231. The summed E-state index contributed by atoms with van der Waals surface area (Å²) in [5, 5.41) is 24.9. The number of nitro benzene ring substituents is 1. The van der Waals surface area contributed by atoms with Crippen LogP contribution in [-0.2, 0) is 9.53 Å². The number of carbonyl (C=O) groups is 1. The lowest BCUT2D eigenvalue weighted by Crippen LogP contribution is -2.37. The van der Waals surface area contributed by atoms with Crippen LogP contribution in [0.3, 0.4) is 0 Å². The maximum Gasteiger partial charge on any atom is 0.317 e. The molecular formula is C13H12N6O4. The fourth-order valence-corrected chi connectivity index (χ4v) is 2.54. The highest BCUT2D eigenvalue weighted by molar-refractivity contribution is 5.78. The third-order valence-electron chi connectivity index (χ3n) is 3.62. The number of nitrogens with one attached hydrogen (secondary N) is 1. The van der Waals surface area contributed by atoms with Gasteiger partial charge in [0.15, 0.2) is 0 Å². The van der Waals surface area contributed by atoms with Crippen LogP contribution in [0.15, 0.2) is 36.5 Å². The molecule has 0 amide bonds. The van der Waals surface area contributed by atoms with Crippen LogP contribution in [0.5, 0.6) is 0 Å². The van der Waals surface area contributed by atoms with E-state index in [-0.39, 0.29) is 5.69 Å². The summed E-state index contributed by atoms with van der Waals surface area (Å²) in [6, 6.07) is 5.23. The van der Waals surface area contributed by atoms with Crippen molar-refractivity contribution in [1.29, 1.82) is 0 Å². The Hall–Kier alpha value is -3.30.